The van der Waals surface area contributed by atoms with E-state index in [1.165, 1.54) is 12.1 Å². The number of hydrogen-bond acceptors (Lipinski definition) is 2. The van der Waals surface area contributed by atoms with Crippen LogP contribution in [0.15, 0.2) is 18.2 Å². The molecular formula is C10H13FN2O. The van der Waals surface area contributed by atoms with Gasteiger partial charge in [0, 0.05) is 5.69 Å². The first kappa shape index (κ1) is 10.7. The molecule has 1 amide bonds. The highest BCUT2D eigenvalue weighted by Crippen LogP contribution is 2.15. The van der Waals surface area contributed by atoms with Crippen molar-refractivity contribution in [1.82, 2.24) is 5.32 Å². The van der Waals surface area contributed by atoms with Crippen molar-refractivity contribution in [3.63, 3.8) is 0 Å². The van der Waals surface area contributed by atoms with Crippen molar-refractivity contribution in [2.24, 2.45) is 0 Å². The number of rotatable bonds is 3. The van der Waals surface area contributed by atoms with Crippen LogP contribution in [0.4, 0.5) is 10.1 Å². The first-order chi connectivity index (χ1) is 6.63. The van der Waals surface area contributed by atoms with Crippen LogP contribution in [0.1, 0.15) is 5.56 Å². The molecule has 14 heavy (non-hydrogen) atoms. The standard InChI is InChI=1S/C10H13FN2O/c1-7-3-4-8(11)5-9(7)13-10(14)6-12-2/h3-5,12H,6H2,1-2H3,(H,13,14). The Hall–Kier alpha value is -1.42. The first-order valence-electron chi connectivity index (χ1n) is 4.34. The Kier molecular flexibility index (Phi) is 3.59. The normalized spacial score (nSPS) is 9.93. The molecular weight excluding hydrogens is 183 g/mol. The maximum Gasteiger partial charge on any atom is 0.238 e. The average Bonchev–Trinajstić information content (AvgIpc) is 2.12. The number of carbonyl (C=O) groups excluding carboxylic acids is 1. The molecule has 1 rings (SSSR count). The molecule has 0 aliphatic rings. The van der Waals surface area contributed by atoms with E-state index in [9.17, 15) is 9.18 Å². The first-order valence-corrected chi connectivity index (χ1v) is 4.34. The number of benzene rings is 1. The minimum Gasteiger partial charge on any atom is -0.325 e. The average molecular weight is 196 g/mol. The van der Waals surface area contributed by atoms with E-state index in [2.05, 4.69) is 10.6 Å². The molecule has 0 heterocycles. The predicted octanol–water partition coefficient (Wildman–Crippen LogP) is 1.29. The summed E-state index contributed by atoms with van der Waals surface area (Å²) in [5.41, 5.74) is 1.36. The third kappa shape index (κ3) is 2.81. The third-order valence-corrected chi connectivity index (χ3v) is 1.81. The summed E-state index contributed by atoms with van der Waals surface area (Å²) < 4.78 is 12.8. The lowest BCUT2D eigenvalue weighted by Crippen LogP contribution is -2.25. The number of carbonyl (C=O) groups is 1. The van der Waals surface area contributed by atoms with Gasteiger partial charge in [-0.15, -0.1) is 0 Å². The van der Waals surface area contributed by atoms with Crippen LogP contribution in [0.5, 0.6) is 0 Å². The molecule has 1 aromatic rings. The van der Waals surface area contributed by atoms with Crippen molar-refractivity contribution >= 4 is 11.6 Å². The molecule has 0 atom stereocenters. The van der Waals surface area contributed by atoms with Crippen LogP contribution in [0.3, 0.4) is 0 Å². The molecule has 3 nitrogen and oxygen atoms in total. The molecule has 0 aliphatic heterocycles. The number of amides is 1. The Labute approximate surface area is 82.3 Å². The molecule has 0 saturated carbocycles. The van der Waals surface area contributed by atoms with Gasteiger partial charge in [-0.3, -0.25) is 4.79 Å². The van der Waals surface area contributed by atoms with Crippen LogP contribution in [-0.2, 0) is 4.79 Å². The zero-order chi connectivity index (χ0) is 10.6. The molecule has 0 aromatic heterocycles. The van der Waals surface area contributed by atoms with Crippen molar-refractivity contribution in [2.75, 3.05) is 18.9 Å². The summed E-state index contributed by atoms with van der Waals surface area (Å²) in [6.45, 7) is 2.03. The minimum absolute atomic E-state index is 0.179. The molecule has 1 aromatic carbocycles. The minimum atomic E-state index is -0.352. The lowest BCUT2D eigenvalue weighted by molar-refractivity contribution is -0.115. The quantitative estimate of drug-likeness (QED) is 0.764. The van der Waals surface area contributed by atoms with Gasteiger partial charge in [-0.2, -0.15) is 0 Å². The van der Waals surface area contributed by atoms with Gasteiger partial charge in [0.1, 0.15) is 5.82 Å². The van der Waals surface area contributed by atoms with Gasteiger partial charge >= 0.3 is 0 Å². The lowest BCUT2D eigenvalue weighted by atomic mass is 10.2. The Morgan fingerprint density at radius 2 is 2.21 bits per heavy atom. The van der Waals surface area contributed by atoms with Gasteiger partial charge in [0.05, 0.1) is 6.54 Å². The van der Waals surface area contributed by atoms with E-state index >= 15 is 0 Å². The van der Waals surface area contributed by atoms with E-state index in [4.69, 9.17) is 0 Å². The van der Waals surface area contributed by atoms with Crippen LogP contribution in [0, 0.1) is 12.7 Å². The highest BCUT2D eigenvalue weighted by molar-refractivity contribution is 5.92. The SMILES string of the molecule is CNCC(=O)Nc1cc(F)ccc1C. The molecule has 0 fully saturated rings. The molecule has 0 saturated heterocycles. The fourth-order valence-electron chi connectivity index (χ4n) is 1.08. The molecule has 4 heteroatoms. The number of nitrogens with one attached hydrogen (secondary N) is 2. The maximum absolute atomic E-state index is 12.8. The molecule has 0 bridgehead atoms. The van der Waals surface area contributed by atoms with E-state index in [0.717, 1.165) is 5.56 Å². The van der Waals surface area contributed by atoms with Gasteiger partial charge in [0.2, 0.25) is 5.91 Å². The van der Waals surface area contributed by atoms with Gasteiger partial charge in [0.25, 0.3) is 0 Å². The smallest absolute Gasteiger partial charge is 0.238 e. The summed E-state index contributed by atoms with van der Waals surface area (Å²) in [4.78, 5) is 11.2. The summed E-state index contributed by atoms with van der Waals surface area (Å²) in [6.07, 6.45) is 0. The number of aryl methyl sites for hydroxylation is 1. The number of likely N-dealkylation sites (N-methyl/N-ethyl adjacent to an activating group) is 1. The second-order valence-corrected chi connectivity index (χ2v) is 3.04. The molecule has 76 valence electrons. The second kappa shape index (κ2) is 4.72. The maximum atomic E-state index is 12.8. The Morgan fingerprint density at radius 1 is 1.50 bits per heavy atom. The van der Waals surface area contributed by atoms with E-state index in [1.807, 2.05) is 6.92 Å². The largest absolute Gasteiger partial charge is 0.325 e. The number of hydrogen-bond donors (Lipinski definition) is 2. The van der Waals surface area contributed by atoms with E-state index in [1.54, 1.807) is 13.1 Å². The highest BCUT2D eigenvalue weighted by Gasteiger charge is 2.04. The van der Waals surface area contributed by atoms with E-state index < -0.39 is 0 Å². The zero-order valence-electron chi connectivity index (χ0n) is 8.23. The summed E-state index contributed by atoms with van der Waals surface area (Å²) in [5.74, 6) is -0.531. The topological polar surface area (TPSA) is 41.1 Å². The van der Waals surface area contributed by atoms with Crippen LogP contribution in [0.25, 0.3) is 0 Å². The third-order valence-electron chi connectivity index (χ3n) is 1.81. The van der Waals surface area contributed by atoms with Gasteiger partial charge in [0.15, 0.2) is 0 Å². The molecule has 0 radical (unpaired) electrons. The molecule has 2 N–H and O–H groups in total. The molecule has 0 aliphatic carbocycles. The van der Waals surface area contributed by atoms with Gasteiger partial charge in [-0.1, -0.05) is 6.07 Å². The van der Waals surface area contributed by atoms with Crippen molar-refractivity contribution in [2.45, 2.75) is 6.92 Å². The van der Waals surface area contributed by atoms with Crippen molar-refractivity contribution in [1.29, 1.82) is 0 Å². The number of anilines is 1. The van der Waals surface area contributed by atoms with Crippen molar-refractivity contribution in [3.8, 4) is 0 Å². The van der Waals surface area contributed by atoms with Crippen LogP contribution in [0.2, 0.25) is 0 Å². The van der Waals surface area contributed by atoms with Crippen LogP contribution >= 0.6 is 0 Å². The van der Waals surface area contributed by atoms with E-state index in [0.29, 0.717) is 5.69 Å². The molecule has 0 spiro atoms. The van der Waals surface area contributed by atoms with Gasteiger partial charge < -0.3 is 10.6 Å². The fourth-order valence-corrected chi connectivity index (χ4v) is 1.08. The molecule has 0 unspecified atom stereocenters. The Bertz CT molecular complexity index is 339. The number of halogens is 1. The van der Waals surface area contributed by atoms with Gasteiger partial charge in [-0.25, -0.2) is 4.39 Å². The van der Waals surface area contributed by atoms with Crippen LogP contribution in [-0.4, -0.2) is 19.5 Å². The summed E-state index contributed by atoms with van der Waals surface area (Å²) in [6, 6.07) is 4.30. The Balaban J connectivity index is 2.75. The van der Waals surface area contributed by atoms with E-state index in [-0.39, 0.29) is 18.3 Å². The summed E-state index contributed by atoms with van der Waals surface area (Å²) in [7, 11) is 1.68. The second-order valence-electron chi connectivity index (χ2n) is 3.04. The Morgan fingerprint density at radius 3 is 2.86 bits per heavy atom. The van der Waals surface area contributed by atoms with Gasteiger partial charge in [-0.05, 0) is 31.7 Å². The highest BCUT2D eigenvalue weighted by atomic mass is 19.1. The summed E-state index contributed by atoms with van der Waals surface area (Å²) in [5, 5.41) is 5.33. The monoisotopic (exact) mass is 196 g/mol. The van der Waals surface area contributed by atoms with Crippen molar-refractivity contribution in [3.05, 3.63) is 29.6 Å². The summed E-state index contributed by atoms with van der Waals surface area (Å²) >= 11 is 0. The predicted molar refractivity (Wildman–Crippen MR) is 53.7 cm³/mol. The lowest BCUT2D eigenvalue weighted by Gasteiger charge is -2.07. The van der Waals surface area contributed by atoms with Crippen molar-refractivity contribution < 1.29 is 9.18 Å². The fraction of sp³-hybridized carbons (Fsp3) is 0.300. The zero-order valence-corrected chi connectivity index (χ0v) is 8.23. The van der Waals surface area contributed by atoms with Crippen LogP contribution < -0.4 is 10.6 Å².